The first kappa shape index (κ1) is 13.2. The number of carbonyl (C=O) groups is 1. The fraction of sp³-hybridized carbons (Fsp3) is 0.900. The molecule has 0 aromatic heterocycles. The van der Waals surface area contributed by atoms with Crippen LogP contribution in [0.5, 0.6) is 0 Å². The lowest BCUT2D eigenvalue weighted by Gasteiger charge is -2.33. The summed E-state index contributed by atoms with van der Waals surface area (Å²) in [6.45, 7) is 3.63. The third-order valence-corrected chi connectivity index (χ3v) is 2.88. The summed E-state index contributed by atoms with van der Waals surface area (Å²) >= 11 is 0. The van der Waals surface area contributed by atoms with Crippen LogP contribution in [0.15, 0.2) is 0 Å². The van der Waals surface area contributed by atoms with Crippen LogP contribution in [-0.4, -0.2) is 47.8 Å². The molecule has 0 saturated carbocycles. The van der Waals surface area contributed by atoms with Crippen LogP contribution in [0, 0.1) is 0 Å². The summed E-state index contributed by atoms with van der Waals surface area (Å²) in [6, 6.07) is 0. The Morgan fingerprint density at radius 2 is 2.24 bits per heavy atom. The molecular formula is C10H17O6P. The van der Waals surface area contributed by atoms with Crippen LogP contribution in [0.4, 0.5) is 4.79 Å². The fourth-order valence-corrected chi connectivity index (χ4v) is 2.15. The van der Waals surface area contributed by atoms with E-state index in [1.54, 1.807) is 13.8 Å². The summed E-state index contributed by atoms with van der Waals surface area (Å²) in [7, 11) is 1.92. The van der Waals surface area contributed by atoms with Gasteiger partial charge in [0.1, 0.15) is 12.7 Å². The average molecular weight is 264 g/mol. The van der Waals surface area contributed by atoms with Crippen LogP contribution >= 0.6 is 9.24 Å². The number of aliphatic hydroxyl groups excluding tert-OH is 1. The molecule has 0 aromatic carbocycles. The molecule has 2 heterocycles. The Bertz CT molecular complexity index is 307. The van der Waals surface area contributed by atoms with Crippen LogP contribution in [-0.2, 0) is 18.9 Å². The minimum Gasteiger partial charge on any atom is -0.460 e. The van der Waals surface area contributed by atoms with Gasteiger partial charge in [0.25, 0.3) is 0 Å². The molecule has 0 aliphatic carbocycles. The van der Waals surface area contributed by atoms with Crippen molar-refractivity contribution in [2.75, 3.05) is 6.61 Å². The van der Waals surface area contributed by atoms with E-state index in [-0.39, 0.29) is 12.7 Å². The molecule has 0 bridgehead atoms. The Balaban J connectivity index is 1.93. The van der Waals surface area contributed by atoms with E-state index < -0.39 is 30.0 Å². The highest BCUT2D eigenvalue weighted by atomic mass is 31.0. The van der Waals surface area contributed by atoms with Crippen LogP contribution < -0.4 is 0 Å². The van der Waals surface area contributed by atoms with Crippen molar-refractivity contribution in [3.8, 4) is 0 Å². The van der Waals surface area contributed by atoms with Crippen molar-refractivity contribution in [3.63, 3.8) is 0 Å². The van der Waals surface area contributed by atoms with Gasteiger partial charge in [-0.3, -0.25) is 0 Å². The summed E-state index contributed by atoms with van der Waals surface area (Å²) in [4.78, 5) is 10.7. The maximum atomic E-state index is 10.7. The van der Waals surface area contributed by atoms with Gasteiger partial charge >= 0.3 is 5.71 Å². The lowest BCUT2D eigenvalue weighted by molar-refractivity contribution is -0.223. The second-order valence-electron chi connectivity index (χ2n) is 4.66. The van der Waals surface area contributed by atoms with Gasteiger partial charge in [0.15, 0.2) is 12.1 Å². The minimum absolute atomic E-state index is 0.104. The van der Waals surface area contributed by atoms with Gasteiger partial charge in [-0.1, -0.05) is 0 Å². The van der Waals surface area contributed by atoms with Gasteiger partial charge in [0.05, 0.1) is 12.2 Å². The number of fused-ring (bicyclic) bond motifs is 1. The molecule has 2 aliphatic rings. The van der Waals surface area contributed by atoms with Crippen molar-refractivity contribution < 1.29 is 28.8 Å². The Hall–Kier alpha value is -0.260. The van der Waals surface area contributed by atoms with Gasteiger partial charge in [-0.25, -0.2) is 4.79 Å². The van der Waals surface area contributed by atoms with E-state index in [9.17, 15) is 9.90 Å². The summed E-state index contributed by atoms with van der Waals surface area (Å²) in [6.07, 6.45) is -1.77. The quantitative estimate of drug-likeness (QED) is 0.737. The number of aliphatic hydroxyl groups is 1. The van der Waals surface area contributed by atoms with Gasteiger partial charge < -0.3 is 24.1 Å². The van der Waals surface area contributed by atoms with Crippen LogP contribution in [0.2, 0.25) is 0 Å². The monoisotopic (exact) mass is 264 g/mol. The number of ether oxygens (including phenoxy) is 4. The maximum absolute atomic E-state index is 10.7. The largest absolute Gasteiger partial charge is 0.460 e. The third kappa shape index (κ3) is 3.14. The fourth-order valence-electron chi connectivity index (χ4n) is 2.05. The standard InChI is InChI=1S/C10H17O6P/c1-10(2)15-7-6(11)3-5(4-13-9(12)17)14-8(7)16-10/h5-8,11H,3-4,17H2,1-2H3/t5-,6?,7?,8+/m0/s1. The molecule has 2 rings (SSSR count). The van der Waals surface area contributed by atoms with Crippen molar-refractivity contribution in [2.45, 2.75) is 50.7 Å². The highest BCUT2D eigenvalue weighted by Crippen LogP contribution is 2.36. The topological polar surface area (TPSA) is 74.2 Å². The predicted molar refractivity (Wildman–Crippen MR) is 60.4 cm³/mol. The lowest BCUT2D eigenvalue weighted by Crippen LogP contribution is -2.47. The Labute approximate surface area is 102 Å². The molecule has 3 unspecified atom stereocenters. The molecule has 6 nitrogen and oxygen atoms in total. The Morgan fingerprint density at radius 3 is 2.88 bits per heavy atom. The zero-order chi connectivity index (χ0) is 12.6. The highest BCUT2D eigenvalue weighted by molar-refractivity contribution is 7.39. The van der Waals surface area contributed by atoms with Gasteiger partial charge in [-0.05, 0) is 23.1 Å². The number of carbonyl (C=O) groups excluding carboxylic acids is 1. The van der Waals surface area contributed by atoms with E-state index in [1.165, 1.54) is 0 Å². The number of rotatable bonds is 2. The molecule has 2 aliphatic heterocycles. The van der Waals surface area contributed by atoms with Crippen LogP contribution in [0.1, 0.15) is 20.3 Å². The van der Waals surface area contributed by atoms with E-state index in [2.05, 4.69) is 0 Å². The molecule has 7 heteroatoms. The second kappa shape index (κ2) is 4.78. The van der Waals surface area contributed by atoms with Gasteiger partial charge in [-0.2, -0.15) is 0 Å². The van der Waals surface area contributed by atoms with Gasteiger partial charge in [0, 0.05) is 6.42 Å². The molecule has 17 heavy (non-hydrogen) atoms. The SMILES string of the molecule is CC1(C)OC2C(O)C[C@@H](COC(=O)P)O[C@@H]2O1. The van der Waals surface area contributed by atoms with E-state index >= 15 is 0 Å². The molecular weight excluding hydrogens is 247 g/mol. The summed E-state index contributed by atoms with van der Waals surface area (Å²) in [5.41, 5.74) is -0.450. The van der Waals surface area contributed by atoms with Crippen molar-refractivity contribution in [1.82, 2.24) is 0 Å². The first-order valence-corrected chi connectivity index (χ1v) is 6.06. The molecule has 0 aromatic rings. The van der Waals surface area contributed by atoms with Gasteiger partial charge in [-0.15, -0.1) is 0 Å². The van der Waals surface area contributed by atoms with Crippen molar-refractivity contribution in [2.24, 2.45) is 0 Å². The molecule has 1 N–H and O–H groups in total. The lowest BCUT2D eigenvalue weighted by atomic mass is 10.0. The van der Waals surface area contributed by atoms with E-state index in [0.717, 1.165) is 0 Å². The minimum atomic E-state index is -0.761. The van der Waals surface area contributed by atoms with Crippen LogP contribution in [0.3, 0.4) is 0 Å². The molecule has 2 saturated heterocycles. The maximum Gasteiger partial charge on any atom is 0.319 e. The third-order valence-electron chi connectivity index (χ3n) is 2.71. The van der Waals surface area contributed by atoms with E-state index in [4.69, 9.17) is 18.9 Å². The number of hydrogen-bond acceptors (Lipinski definition) is 6. The van der Waals surface area contributed by atoms with Gasteiger partial charge in [0.2, 0.25) is 0 Å². The summed E-state index contributed by atoms with van der Waals surface area (Å²) in [5.74, 6) is -0.761. The Kier molecular flexibility index (Phi) is 3.71. The molecule has 0 spiro atoms. The van der Waals surface area contributed by atoms with E-state index in [1.807, 2.05) is 9.24 Å². The van der Waals surface area contributed by atoms with Crippen molar-refractivity contribution in [3.05, 3.63) is 0 Å². The summed E-state index contributed by atoms with van der Waals surface area (Å²) < 4.78 is 21.4. The van der Waals surface area contributed by atoms with Crippen molar-refractivity contribution in [1.29, 1.82) is 0 Å². The smallest absolute Gasteiger partial charge is 0.319 e. The number of hydrogen-bond donors (Lipinski definition) is 1. The molecule has 0 amide bonds. The normalized spacial score (nSPS) is 39.8. The molecule has 5 atom stereocenters. The molecule has 0 radical (unpaired) electrons. The highest BCUT2D eigenvalue weighted by Gasteiger charge is 2.50. The zero-order valence-corrected chi connectivity index (χ0v) is 10.9. The Morgan fingerprint density at radius 1 is 1.53 bits per heavy atom. The molecule has 98 valence electrons. The van der Waals surface area contributed by atoms with E-state index in [0.29, 0.717) is 6.42 Å². The first-order valence-electron chi connectivity index (χ1n) is 5.49. The van der Waals surface area contributed by atoms with Crippen molar-refractivity contribution >= 4 is 15.0 Å². The average Bonchev–Trinajstić information content (AvgIpc) is 2.50. The summed E-state index contributed by atoms with van der Waals surface area (Å²) in [5, 5.41) is 9.92. The predicted octanol–water partition coefficient (Wildman–Crippen LogP) is 0.625. The first-order chi connectivity index (χ1) is 7.87. The second-order valence-corrected chi connectivity index (χ2v) is 5.13. The van der Waals surface area contributed by atoms with Crippen LogP contribution in [0.25, 0.3) is 0 Å². The zero-order valence-electron chi connectivity index (χ0n) is 9.79. The molecule has 2 fully saturated rings.